The first-order chi connectivity index (χ1) is 9.34. The number of para-hydroxylation sites is 1. The molecule has 19 heavy (non-hydrogen) atoms. The second kappa shape index (κ2) is 7.76. The molecule has 1 heterocycles. The number of carbonyl (C=O) groups excluding carboxylic acids is 1. The average molecular weight is 265 g/mol. The monoisotopic (exact) mass is 265 g/mol. The normalized spacial score (nSPS) is 16.0. The molecule has 1 amide bonds. The zero-order valence-electron chi connectivity index (χ0n) is 10.8. The zero-order valence-corrected chi connectivity index (χ0v) is 10.8. The van der Waals surface area contributed by atoms with Gasteiger partial charge in [0.1, 0.15) is 5.75 Å². The summed E-state index contributed by atoms with van der Waals surface area (Å²) in [5.41, 5.74) is 0. The maximum Gasteiger partial charge on any atom is 0.257 e. The van der Waals surface area contributed by atoms with Crippen molar-refractivity contribution in [2.75, 3.05) is 26.4 Å². The minimum absolute atomic E-state index is 0.0242. The van der Waals surface area contributed by atoms with Crippen LogP contribution in [-0.4, -0.2) is 38.6 Å². The molecule has 1 aromatic rings. The minimum Gasteiger partial charge on any atom is -0.484 e. The Morgan fingerprint density at radius 2 is 2.00 bits per heavy atom. The van der Waals surface area contributed by atoms with E-state index >= 15 is 0 Å². The van der Waals surface area contributed by atoms with Gasteiger partial charge in [-0.15, -0.1) is 0 Å². The Hall–Kier alpha value is -1.59. The van der Waals surface area contributed by atoms with Crippen molar-refractivity contribution >= 4 is 5.91 Å². The predicted molar refractivity (Wildman–Crippen MR) is 69.9 cm³/mol. The number of nitrogens with one attached hydrogen (secondary N) is 1. The first-order valence-electron chi connectivity index (χ1n) is 6.52. The summed E-state index contributed by atoms with van der Waals surface area (Å²) >= 11 is 0. The van der Waals surface area contributed by atoms with E-state index in [1.807, 2.05) is 30.3 Å². The van der Waals surface area contributed by atoms with Crippen LogP contribution in [0.3, 0.4) is 0 Å². The molecule has 2 rings (SSSR count). The van der Waals surface area contributed by atoms with E-state index in [0.717, 1.165) is 19.6 Å². The van der Waals surface area contributed by atoms with Crippen LogP contribution in [0, 0.1) is 0 Å². The molecule has 0 aromatic heterocycles. The molecule has 0 bridgehead atoms. The predicted octanol–water partition coefficient (Wildman–Crippen LogP) is 1.33. The highest BCUT2D eigenvalue weighted by Crippen LogP contribution is 2.08. The number of hydrogen-bond acceptors (Lipinski definition) is 4. The first-order valence-corrected chi connectivity index (χ1v) is 6.52. The van der Waals surface area contributed by atoms with Gasteiger partial charge in [-0.25, -0.2) is 0 Å². The van der Waals surface area contributed by atoms with Gasteiger partial charge in [0.15, 0.2) is 12.9 Å². The molecular weight excluding hydrogens is 246 g/mol. The molecule has 0 radical (unpaired) electrons. The summed E-state index contributed by atoms with van der Waals surface area (Å²) in [6, 6.07) is 9.26. The molecule has 1 aliphatic heterocycles. The van der Waals surface area contributed by atoms with Gasteiger partial charge in [-0.05, 0) is 18.6 Å². The third-order valence-electron chi connectivity index (χ3n) is 2.71. The number of rotatable bonds is 6. The van der Waals surface area contributed by atoms with Crippen molar-refractivity contribution in [3.8, 4) is 5.75 Å². The molecule has 0 aliphatic carbocycles. The van der Waals surface area contributed by atoms with Crippen molar-refractivity contribution in [3.63, 3.8) is 0 Å². The topological polar surface area (TPSA) is 56.8 Å². The van der Waals surface area contributed by atoms with Crippen LogP contribution in [0.2, 0.25) is 0 Å². The van der Waals surface area contributed by atoms with Gasteiger partial charge in [0.2, 0.25) is 0 Å². The second-order valence-corrected chi connectivity index (χ2v) is 4.27. The Kier molecular flexibility index (Phi) is 5.65. The van der Waals surface area contributed by atoms with Gasteiger partial charge in [0.05, 0.1) is 13.2 Å². The highest BCUT2D eigenvalue weighted by atomic mass is 16.7. The average Bonchev–Trinajstić information content (AvgIpc) is 2.47. The molecule has 1 saturated heterocycles. The standard InChI is InChI=1S/C14H19NO4/c16-13(11-19-12-5-2-1-3-6-12)15-8-7-14-17-9-4-10-18-14/h1-3,5-6,14H,4,7-11H2,(H,15,16). The summed E-state index contributed by atoms with van der Waals surface area (Å²) in [6.45, 7) is 2.02. The quantitative estimate of drug-likeness (QED) is 0.843. The molecule has 0 spiro atoms. The summed E-state index contributed by atoms with van der Waals surface area (Å²) < 4.78 is 16.1. The maximum absolute atomic E-state index is 11.5. The van der Waals surface area contributed by atoms with Crippen molar-refractivity contribution in [1.29, 1.82) is 0 Å². The summed E-state index contributed by atoms with van der Waals surface area (Å²) in [5, 5.41) is 2.78. The largest absolute Gasteiger partial charge is 0.484 e. The molecule has 0 saturated carbocycles. The number of amides is 1. The fourth-order valence-electron chi connectivity index (χ4n) is 1.75. The molecule has 0 atom stereocenters. The molecule has 1 fully saturated rings. The number of hydrogen-bond donors (Lipinski definition) is 1. The molecule has 0 unspecified atom stereocenters. The van der Waals surface area contributed by atoms with Gasteiger partial charge < -0.3 is 19.5 Å². The van der Waals surface area contributed by atoms with Gasteiger partial charge >= 0.3 is 0 Å². The van der Waals surface area contributed by atoms with Crippen molar-refractivity contribution in [1.82, 2.24) is 5.32 Å². The van der Waals surface area contributed by atoms with Gasteiger partial charge in [-0.1, -0.05) is 18.2 Å². The van der Waals surface area contributed by atoms with E-state index in [2.05, 4.69) is 5.32 Å². The summed E-state index contributed by atoms with van der Waals surface area (Å²) in [4.78, 5) is 11.5. The van der Waals surface area contributed by atoms with Crippen LogP contribution in [0.1, 0.15) is 12.8 Å². The molecule has 5 heteroatoms. The van der Waals surface area contributed by atoms with Crippen LogP contribution >= 0.6 is 0 Å². The number of ether oxygens (including phenoxy) is 3. The summed E-state index contributed by atoms with van der Waals surface area (Å²) in [7, 11) is 0. The number of benzene rings is 1. The maximum atomic E-state index is 11.5. The Bertz CT molecular complexity index is 376. The summed E-state index contributed by atoms with van der Waals surface area (Å²) in [5.74, 6) is 0.552. The Balaban J connectivity index is 1.57. The van der Waals surface area contributed by atoms with Crippen LogP contribution < -0.4 is 10.1 Å². The van der Waals surface area contributed by atoms with Crippen molar-refractivity contribution in [2.24, 2.45) is 0 Å². The van der Waals surface area contributed by atoms with E-state index < -0.39 is 0 Å². The van der Waals surface area contributed by atoms with Gasteiger partial charge in [-0.2, -0.15) is 0 Å². The Labute approximate surface area is 112 Å². The van der Waals surface area contributed by atoms with Crippen molar-refractivity contribution in [2.45, 2.75) is 19.1 Å². The molecule has 1 aliphatic rings. The zero-order chi connectivity index (χ0) is 13.3. The van der Waals surface area contributed by atoms with E-state index in [-0.39, 0.29) is 18.8 Å². The lowest BCUT2D eigenvalue weighted by Crippen LogP contribution is -2.34. The lowest BCUT2D eigenvalue weighted by atomic mass is 10.3. The third kappa shape index (κ3) is 5.28. The SMILES string of the molecule is O=C(COc1ccccc1)NCCC1OCCCO1. The van der Waals surface area contributed by atoms with Crippen LogP contribution in [0.15, 0.2) is 30.3 Å². The fraction of sp³-hybridized carbons (Fsp3) is 0.500. The second-order valence-electron chi connectivity index (χ2n) is 4.27. The van der Waals surface area contributed by atoms with E-state index in [0.29, 0.717) is 18.7 Å². The van der Waals surface area contributed by atoms with Crippen LogP contribution in [0.5, 0.6) is 5.75 Å². The van der Waals surface area contributed by atoms with Crippen molar-refractivity contribution < 1.29 is 19.0 Å². The van der Waals surface area contributed by atoms with Crippen LogP contribution in [-0.2, 0) is 14.3 Å². The van der Waals surface area contributed by atoms with E-state index in [9.17, 15) is 4.79 Å². The number of carbonyl (C=O) groups is 1. The van der Waals surface area contributed by atoms with Crippen LogP contribution in [0.25, 0.3) is 0 Å². The van der Waals surface area contributed by atoms with Gasteiger partial charge in [0.25, 0.3) is 5.91 Å². The minimum atomic E-state index is -0.191. The van der Waals surface area contributed by atoms with Gasteiger partial charge in [-0.3, -0.25) is 4.79 Å². The molecule has 1 aromatic carbocycles. The lowest BCUT2D eigenvalue weighted by Gasteiger charge is -2.23. The highest BCUT2D eigenvalue weighted by Gasteiger charge is 2.13. The Morgan fingerprint density at radius 1 is 1.26 bits per heavy atom. The molecule has 5 nitrogen and oxygen atoms in total. The van der Waals surface area contributed by atoms with E-state index in [1.54, 1.807) is 0 Å². The summed E-state index contributed by atoms with van der Waals surface area (Å²) in [6.07, 6.45) is 1.41. The van der Waals surface area contributed by atoms with E-state index in [1.165, 1.54) is 0 Å². The molecule has 1 N–H and O–H groups in total. The third-order valence-corrected chi connectivity index (χ3v) is 2.71. The van der Waals surface area contributed by atoms with Gasteiger partial charge in [0, 0.05) is 13.0 Å². The van der Waals surface area contributed by atoms with E-state index in [4.69, 9.17) is 14.2 Å². The highest BCUT2D eigenvalue weighted by molar-refractivity contribution is 5.77. The first kappa shape index (κ1) is 13.8. The van der Waals surface area contributed by atoms with Crippen LogP contribution in [0.4, 0.5) is 0 Å². The van der Waals surface area contributed by atoms with Crippen molar-refractivity contribution in [3.05, 3.63) is 30.3 Å². The lowest BCUT2D eigenvalue weighted by molar-refractivity contribution is -0.180. The smallest absolute Gasteiger partial charge is 0.257 e. The molecular formula is C14H19NO4. The Morgan fingerprint density at radius 3 is 2.74 bits per heavy atom. The molecule has 104 valence electrons. The fourth-order valence-corrected chi connectivity index (χ4v) is 1.75.